The molecule has 0 saturated heterocycles. The van der Waals surface area contributed by atoms with Crippen molar-refractivity contribution in [3.8, 4) is 0 Å². The first kappa shape index (κ1) is 21.1. The standard InChI is InChI=1S/C20H17Cl2N3OS.ClH/c21-14-6-7-16(22)15(10-14)19(26)24-20-23-17-8-9-25(12-18(17)27-20)11-13-4-2-1-3-5-13;/h1-7,10H,8-9,11-12H2,(H,23,24,26);1H. The molecule has 0 spiro atoms. The van der Waals surface area contributed by atoms with Crippen molar-refractivity contribution in [3.05, 3.63) is 80.3 Å². The van der Waals surface area contributed by atoms with E-state index in [4.69, 9.17) is 23.2 Å². The van der Waals surface area contributed by atoms with Crippen LogP contribution in [0, 0.1) is 0 Å². The van der Waals surface area contributed by atoms with Crippen LogP contribution in [0.2, 0.25) is 10.0 Å². The van der Waals surface area contributed by atoms with Crippen LogP contribution in [0.25, 0.3) is 0 Å². The molecule has 146 valence electrons. The molecule has 0 unspecified atom stereocenters. The number of thiazole rings is 1. The van der Waals surface area contributed by atoms with Crippen molar-refractivity contribution in [2.24, 2.45) is 0 Å². The summed E-state index contributed by atoms with van der Waals surface area (Å²) in [5.41, 5.74) is 2.72. The lowest BCUT2D eigenvalue weighted by atomic mass is 10.1. The second kappa shape index (κ2) is 9.25. The van der Waals surface area contributed by atoms with E-state index in [2.05, 4.69) is 39.5 Å². The molecule has 4 nitrogen and oxygen atoms in total. The predicted octanol–water partition coefficient (Wildman–Crippen LogP) is 5.68. The van der Waals surface area contributed by atoms with Crippen molar-refractivity contribution in [2.75, 3.05) is 11.9 Å². The number of rotatable bonds is 4. The molecule has 3 aromatic rings. The average molecular weight is 455 g/mol. The third-order valence-electron chi connectivity index (χ3n) is 4.45. The largest absolute Gasteiger partial charge is 0.298 e. The van der Waals surface area contributed by atoms with E-state index in [-0.39, 0.29) is 18.3 Å². The minimum Gasteiger partial charge on any atom is -0.298 e. The van der Waals surface area contributed by atoms with Gasteiger partial charge in [-0.05, 0) is 23.8 Å². The summed E-state index contributed by atoms with van der Waals surface area (Å²) in [6.07, 6.45) is 0.881. The lowest BCUT2D eigenvalue weighted by Gasteiger charge is -2.25. The van der Waals surface area contributed by atoms with E-state index >= 15 is 0 Å². The summed E-state index contributed by atoms with van der Waals surface area (Å²) in [5.74, 6) is -0.297. The molecule has 4 rings (SSSR count). The fourth-order valence-corrected chi connectivity index (χ4v) is 4.54. The molecule has 2 heterocycles. The van der Waals surface area contributed by atoms with E-state index in [1.807, 2.05) is 6.07 Å². The van der Waals surface area contributed by atoms with E-state index in [1.54, 1.807) is 18.2 Å². The van der Waals surface area contributed by atoms with Gasteiger partial charge in [-0.15, -0.1) is 23.7 Å². The van der Waals surface area contributed by atoms with Crippen molar-refractivity contribution in [3.63, 3.8) is 0 Å². The number of hydrogen-bond acceptors (Lipinski definition) is 4. The third kappa shape index (κ3) is 4.85. The van der Waals surface area contributed by atoms with Crippen LogP contribution in [0.15, 0.2) is 48.5 Å². The summed E-state index contributed by atoms with van der Waals surface area (Å²) in [4.78, 5) is 20.7. The first-order valence-electron chi connectivity index (χ1n) is 8.60. The van der Waals surface area contributed by atoms with Crippen molar-refractivity contribution in [2.45, 2.75) is 19.5 Å². The second-order valence-electron chi connectivity index (χ2n) is 6.41. The fraction of sp³-hybridized carbons (Fsp3) is 0.200. The van der Waals surface area contributed by atoms with Crippen molar-refractivity contribution in [1.29, 1.82) is 0 Å². The highest BCUT2D eigenvalue weighted by atomic mass is 35.5. The van der Waals surface area contributed by atoms with Crippen molar-refractivity contribution < 1.29 is 4.79 Å². The molecule has 1 N–H and O–H groups in total. The zero-order valence-corrected chi connectivity index (χ0v) is 18.0. The number of benzene rings is 2. The maximum absolute atomic E-state index is 12.5. The average Bonchev–Trinajstić information content (AvgIpc) is 3.06. The van der Waals surface area contributed by atoms with E-state index in [0.29, 0.717) is 20.7 Å². The van der Waals surface area contributed by atoms with E-state index in [0.717, 1.165) is 31.7 Å². The Morgan fingerprint density at radius 2 is 1.96 bits per heavy atom. The van der Waals surface area contributed by atoms with Gasteiger partial charge >= 0.3 is 0 Å². The zero-order valence-electron chi connectivity index (χ0n) is 14.8. The fourth-order valence-electron chi connectivity index (χ4n) is 3.11. The molecule has 28 heavy (non-hydrogen) atoms. The zero-order chi connectivity index (χ0) is 18.8. The van der Waals surface area contributed by atoms with Crippen molar-refractivity contribution in [1.82, 2.24) is 9.88 Å². The van der Waals surface area contributed by atoms with Gasteiger partial charge in [-0.3, -0.25) is 15.0 Å². The Kier molecular flexibility index (Phi) is 6.96. The smallest absolute Gasteiger partial charge is 0.259 e. The van der Waals surface area contributed by atoms with Crippen LogP contribution < -0.4 is 5.32 Å². The lowest BCUT2D eigenvalue weighted by Crippen LogP contribution is -2.29. The Bertz CT molecular complexity index is 978. The molecular weight excluding hydrogens is 437 g/mol. The Labute approximate surface area is 183 Å². The van der Waals surface area contributed by atoms with Crippen LogP contribution in [0.1, 0.15) is 26.5 Å². The Morgan fingerprint density at radius 3 is 2.75 bits per heavy atom. The van der Waals surface area contributed by atoms with Gasteiger partial charge in [0, 0.05) is 36.0 Å². The highest BCUT2D eigenvalue weighted by Gasteiger charge is 2.22. The normalized spacial score (nSPS) is 13.5. The molecule has 1 aliphatic heterocycles. The summed E-state index contributed by atoms with van der Waals surface area (Å²) in [6, 6.07) is 15.3. The summed E-state index contributed by atoms with van der Waals surface area (Å²) in [5, 5.41) is 4.29. The van der Waals surface area contributed by atoms with E-state index < -0.39 is 0 Å². The van der Waals surface area contributed by atoms with Crippen LogP contribution in [-0.4, -0.2) is 22.3 Å². The first-order valence-corrected chi connectivity index (χ1v) is 10.2. The SMILES string of the molecule is Cl.O=C(Nc1nc2c(s1)CN(Cc1ccccc1)CC2)c1cc(Cl)ccc1Cl. The molecule has 0 radical (unpaired) electrons. The number of amides is 1. The lowest BCUT2D eigenvalue weighted by molar-refractivity contribution is 0.102. The number of hydrogen-bond donors (Lipinski definition) is 1. The van der Waals surface area contributed by atoms with Crippen LogP contribution in [0.3, 0.4) is 0 Å². The minimum atomic E-state index is -0.297. The summed E-state index contributed by atoms with van der Waals surface area (Å²) in [7, 11) is 0. The number of anilines is 1. The van der Waals surface area contributed by atoms with Gasteiger partial charge < -0.3 is 0 Å². The Morgan fingerprint density at radius 1 is 1.18 bits per heavy atom. The molecule has 1 aromatic heterocycles. The number of carbonyl (C=O) groups excluding carboxylic acids is 1. The molecule has 0 bridgehead atoms. The maximum atomic E-state index is 12.5. The molecule has 2 aromatic carbocycles. The van der Waals surface area contributed by atoms with Gasteiger partial charge in [0.1, 0.15) is 0 Å². The van der Waals surface area contributed by atoms with Gasteiger partial charge in [-0.1, -0.05) is 53.5 Å². The minimum absolute atomic E-state index is 0. The van der Waals surface area contributed by atoms with Gasteiger partial charge in [-0.25, -0.2) is 4.98 Å². The number of aromatic nitrogens is 1. The Hall–Kier alpha value is -1.63. The highest BCUT2D eigenvalue weighted by Crippen LogP contribution is 2.30. The van der Waals surface area contributed by atoms with Crippen LogP contribution in [-0.2, 0) is 19.5 Å². The molecule has 0 aliphatic carbocycles. The van der Waals surface area contributed by atoms with Crippen molar-refractivity contribution >= 4 is 58.0 Å². The molecule has 1 aliphatic rings. The van der Waals surface area contributed by atoms with E-state index in [1.165, 1.54) is 21.8 Å². The molecule has 1 amide bonds. The summed E-state index contributed by atoms with van der Waals surface area (Å²) < 4.78 is 0. The van der Waals surface area contributed by atoms with Gasteiger partial charge in [0.2, 0.25) is 0 Å². The predicted molar refractivity (Wildman–Crippen MR) is 118 cm³/mol. The highest BCUT2D eigenvalue weighted by molar-refractivity contribution is 7.15. The number of fused-ring (bicyclic) bond motifs is 1. The number of nitrogens with one attached hydrogen (secondary N) is 1. The third-order valence-corrected chi connectivity index (χ3v) is 6.02. The summed E-state index contributed by atoms with van der Waals surface area (Å²) >= 11 is 13.6. The molecule has 0 atom stereocenters. The van der Waals surface area contributed by atoms with Crippen LogP contribution in [0.5, 0.6) is 0 Å². The summed E-state index contributed by atoms with van der Waals surface area (Å²) in [6.45, 7) is 2.72. The maximum Gasteiger partial charge on any atom is 0.259 e. The van der Waals surface area contributed by atoms with Gasteiger partial charge in [-0.2, -0.15) is 0 Å². The molecule has 0 saturated carbocycles. The molecular formula is C20H18Cl3N3OS. The quantitative estimate of drug-likeness (QED) is 0.551. The van der Waals surface area contributed by atoms with Crippen LogP contribution >= 0.6 is 46.9 Å². The number of halogens is 3. The number of nitrogens with zero attached hydrogens (tertiary/aromatic N) is 2. The van der Waals surface area contributed by atoms with Gasteiger partial charge in [0.15, 0.2) is 5.13 Å². The topological polar surface area (TPSA) is 45.2 Å². The Balaban J connectivity index is 0.00000225. The molecule has 8 heteroatoms. The van der Waals surface area contributed by atoms with Gasteiger partial charge in [0.25, 0.3) is 5.91 Å². The second-order valence-corrected chi connectivity index (χ2v) is 8.34. The molecule has 0 fully saturated rings. The van der Waals surface area contributed by atoms with Crippen LogP contribution in [0.4, 0.5) is 5.13 Å². The first-order chi connectivity index (χ1) is 13.1. The number of carbonyl (C=O) groups is 1. The van der Waals surface area contributed by atoms with E-state index in [9.17, 15) is 4.79 Å². The monoisotopic (exact) mass is 453 g/mol. The van der Waals surface area contributed by atoms with Gasteiger partial charge in [0.05, 0.1) is 16.3 Å².